The van der Waals surface area contributed by atoms with Gasteiger partial charge in [-0.1, -0.05) is 41.0 Å². The summed E-state index contributed by atoms with van der Waals surface area (Å²) < 4.78 is 0. The van der Waals surface area contributed by atoms with Gasteiger partial charge in [0.15, 0.2) is 0 Å². The highest BCUT2D eigenvalue weighted by Crippen LogP contribution is 2.76. The van der Waals surface area contributed by atoms with Gasteiger partial charge in [0, 0.05) is 0 Å². The number of carbonyl (C=O) groups is 1. The van der Waals surface area contributed by atoms with Crippen molar-refractivity contribution in [2.24, 2.45) is 50.7 Å². The second kappa shape index (κ2) is 6.27. The minimum absolute atomic E-state index is 0.00254. The van der Waals surface area contributed by atoms with Gasteiger partial charge in [-0.2, -0.15) is 0 Å². The fourth-order valence-electron chi connectivity index (χ4n) is 10.9. The van der Waals surface area contributed by atoms with E-state index in [0.717, 1.165) is 44.9 Å². The number of rotatable bonds is 1. The highest BCUT2D eigenvalue weighted by Gasteiger charge is 2.70. The van der Waals surface area contributed by atoms with Crippen molar-refractivity contribution in [3.05, 3.63) is 0 Å². The minimum atomic E-state index is -0.502. The van der Waals surface area contributed by atoms with Crippen LogP contribution in [0.5, 0.6) is 0 Å². The van der Waals surface area contributed by atoms with E-state index in [2.05, 4.69) is 34.6 Å². The van der Waals surface area contributed by atoms with Crippen molar-refractivity contribution in [3.63, 3.8) is 0 Å². The molecule has 5 aliphatic rings. The molecule has 5 rings (SSSR count). The Hall–Kier alpha value is -0.570. The molecule has 0 aromatic rings. The molecule has 2 N–H and O–H groups in total. The second-order valence-electron chi connectivity index (χ2n) is 13.5. The lowest BCUT2D eigenvalue weighted by Gasteiger charge is -2.72. The lowest BCUT2D eigenvalue weighted by atomic mass is 9.32. The molecule has 30 heavy (non-hydrogen) atoms. The molecule has 0 bridgehead atoms. The molecule has 3 nitrogen and oxygen atoms in total. The largest absolute Gasteiger partial charge is 0.481 e. The summed E-state index contributed by atoms with van der Waals surface area (Å²) in [6, 6.07) is 0. The molecule has 5 saturated carbocycles. The van der Waals surface area contributed by atoms with Gasteiger partial charge in [0.1, 0.15) is 0 Å². The van der Waals surface area contributed by atoms with Gasteiger partial charge in [-0.05, 0) is 110 Å². The number of hydrogen-bond donors (Lipinski definition) is 2. The topological polar surface area (TPSA) is 57.5 Å². The SMILES string of the molecule is CC1(C)C(O)CCC2(C)C1CCC1(C)C2CCC2[C@H]3CCCC3(C(=O)O)CC[C@]21C. The summed E-state index contributed by atoms with van der Waals surface area (Å²) in [6.45, 7) is 12.4. The normalized spacial score (nSPS) is 56.9. The molecule has 0 aliphatic heterocycles. The van der Waals surface area contributed by atoms with E-state index >= 15 is 0 Å². The lowest BCUT2D eigenvalue weighted by Crippen LogP contribution is -2.66. The number of carboxylic acids is 1. The molecular weight excluding hydrogens is 372 g/mol. The first-order valence-corrected chi connectivity index (χ1v) is 12.8. The van der Waals surface area contributed by atoms with Crippen LogP contribution in [0.3, 0.4) is 0 Å². The molecule has 0 saturated heterocycles. The van der Waals surface area contributed by atoms with Crippen LogP contribution >= 0.6 is 0 Å². The first-order chi connectivity index (χ1) is 13.9. The summed E-state index contributed by atoms with van der Waals surface area (Å²) in [6.07, 6.45) is 12.0. The van der Waals surface area contributed by atoms with Gasteiger partial charge in [-0.3, -0.25) is 4.79 Å². The average Bonchev–Trinajstić information content (AvgIpc) is 3.11. The van der Waals surface area contributed by atoms with Gasteiger partial charge >= 0.3 is 5.97 Å². The van der Waals surface area contributed by atoms with Crippen LogP contribution in [0.15, 0.2) is 0 Å². The van der Waals surface area contributed by atoms with Crippen molar-refractivity contribution in [2.75, 3.05) is 0 Å². The van der Waals surface area contributed by atoms with Crippen LogP contribution in [0.1, 0.15) is 105 Å². The molecule has 5 fully saturated rings. The summed E-state index contributed by atoms with van der Waals surface area (Å²) >= 11 is 0. The van der Waals surface area contributed by atoms with Crippen molar-refractivity contribution in [3.8, 4) is 0 Å². The first-order valence-electron chi connectivity index (χ1n) is 12.8. The number of aliphatic hydroxyl groups excluding tert-OH is 1. The third-order valence-electron chi connectivity index (χ3n) is 12.8. The molecule has 9 atom stereocenters. The Bertz CT molecular complexity index is 744. The maximum Gasteiger partial charge on any atom is 0.309 e. The quantitative estimate of drug-likeness (QED) is 0.528. The molecule has 0 aromatic carbocycles. The zero-order chi connectivity index (χ0) is 21.7. The summed E-state index contributed by atoms with van der Waals surface area (Å²) in [5.41, 5.74) is 0.444. The van der Waals surface area contributed by atoms with Gasteiger partial charge in [0.05, 0.1) is 11.5 Å². The van der Waals surface area contributed by atoms with E-state index in [1.807, 2.05) is 0 Å². The van der Waals surface area contributed by atoms with Crippen molar-refractivity contribution in [1.82, 2.24) is 0 Å². The molecule has 170 valence electrons. The number of hydrogen-bond acceptors (Lipinski definition) is 2. The van der Waals surface area contributed by atoms with Gasteiger partial charge in [-0.15, -0.1) is 0 Å². The van der Waals surface area contributed by atoms with Crippen LogP contribution in [0.4, 0.5) is 0 Å². The predicted molar refractivity (Wildman–Crippen MR) is 119 cm³/mol. The van der Waals surface area contributed by atoms with E-state index in [1.165, 1.54) is 25.7 Å². The Morgan fingerprint density at radius 1 is 0.733 bits per heavy atom. The number of aliphatic hydroxyl groups is 1. The van der Waals surface area contributed by atoms with Crippen LogP contribution in [0, 0.1) is 50.7 Å². The van der Waals surface area contributed by atoms with Crippen LogP contribution < -0.4 is 0 Å². The molecule has 3 heteroatoms. The van der Waals surface area contributed by atoms with E-state index in [1.54, 1.807) is 0 Å². The maximum absolute atomic E-state index is 12.4. The Labute approximate surface area is 183 Å². The van der Waals surface area contributed by atoms with Crippen LogP contribution in [-0.4, -0.2) is 22.3 Å². The first kappa shape index (κ1) is 21.3. The third kappa shape index (κ3) is 2.29. The van der Waals surface area contributed by atoms with Crippen molar-refractivity contribution in [2.45, 2.75) is 111 Å². The standard InChI is InChI=1S/C27H44O3/c1-23(2)19-10-14-26(5)20(24(19,3)13-11-21(23)28)9-8-17-18-7-6-12-27(18,22(29)30)16-15-25(17,26)4/h17-21,28H,6-16H2,1-5H3,(H,29,30)/t17?,18-,19?,20?,21?,24?,25-,26?,27?/m1/s1. The van der Waals surface area contributed by atoms with Gasteiger partial charge in [0.25, 0.3) is 0 Å². The van der Waals surface area contributed by atoms with Crippen molar-refractivity contribution in [1.29, 1.82) is 0 Å². The van der Waals surface area contributed by atoms with E-state index in [0.29, 0.717) is 34.5 Å². The van der Waals surface area contributed by atoms with Gasteiger partial charge in [0.2, 0.25) is 0 Å². The van der Waals surface area contributed by atoms with Gasteiger partial charge < -0.3 is 10.2 Å². The van der Waals surface area contributed by atoms with Crippen molar-refractivity contribution < 1.29 is 15.0 Å². The van der Waals surface area contributed by atoms with Crippen LogP contribution in [0.2, 0.25) is 0 Å². The number of carboxylic acid groups (broad SMARTS) is 1. The third-order valence-corrected chi connectivity index (χ3v) is 12.8. The fraction of sp³-hybridized carbons (Fsp3) is 0.963. The zero-order valence-electron chi connectivity index (χ0n) is 20.0. The van der Waals surface area contributed by atoms with E-state index in [-0.39, 0.29) is 16.9 Å². The number of aliphatic carboxylic acids is 1. The molecule has 7 unspecified atom stereocenters. The zero-order valence-corrected chi connectivity index (χ0v) is 20.0. The van der Waals surface area contributed by atoms with Crippen molar-refractivity contribution >= 4 is 5.97 Å². The Morgan fingerprint density at radius 3 is 2.17 bits per heavy atom. The van der Waals surface area contributed by atoms with E-state index in [4.69, 9.17) is 0 Å². The minimum Gasteiger partial charge on any atom is -0.481 e. The predicted octanol–water partition coefficient (Wildman–Crippen LogP) is 6.29. The smallest absolute Gasteiger partial charge is 0.309 e. The molecular formula is C27H44O3. The second-order valence-corrected chi connectivity index (χ2v) is 13.5. The molecule has 0 heterocycles. The van der Waals surface area contributed by atoms with E-state index < -0.39 is 11.4 Å². The summed E-state index contributed by atoms with van der Waals surface area (Å²) in [5.74, 6) is 1.77. The highest BCUT2D eigenvalue weighted by atomic mass is 16.4. The Kier molecular flexibility index (Phi) is 4.45. The maximum atomic E-state index is 12.4. The molecule has 0 aromatic heterocycles. The molecule has 0 radical (unpaired) electrons. The summed E-state index contributed by atoms with van der Waals surface area (Å²) in [5, 5.41) is 21.0. The lowest BCUT2D eigenvalue weighted by molar-refractivity contribution is -0.246. The van der Waals surface area contributed by atoms with Crippen LogP contribution in [-0.2, 0) is 4.79 Å². The summed E-state index contributed by atoms with van der Waals surface area (Å²) in [4.78, 5) is 12.4. The highest BCUT2D eigenvalue weighted by molar-refractivity contribution is 5.76. The summed E-state index contributed by atoms with van der Waals surface area (Å²) in [7, 11) is 0. The fourth-order valence-corrected chi connectivity index (χ4v) is 10.9. The Morgan fingerprint density at radius 2 is 1.47 bits per heavy atom. The van der Waals surface area contributed by atoms with E-state index in [9.17, 15) is 15.0 Å². The monoisotopic (exact) mass is 416 g/mol. The molecule has 0 spiro atoms. The average molecular weight is 417 g/mol. The van der Waals surface area contributed by atoms with Gasteiger partial charge in [-0.25, -0.2) is 0 Å². The molecule has 5 aliphatic carbocycles. The molecule has 0 amide bonds. The van der Waals surface area contributed by atoms with Crippen LogP contribution in [0.25, 0.3) is 0 Å². The number of fused-ring (bicyclic) bond motifs is 7. The Balaban J connectivity index is 1.53.